The summed E-state index contributed by atoms with van der Waals surface area (Å²) in [6.07, 6.45) is 3.92. The molecule has 0 saturated carbocycles. The van der Waals surface area contributed by atoms with Gasteiger partial charge in [-0.05, 0) is 18.7 Å². The van der Waals surface area contributed by atoms with Crippen molar-refractivity contribution >= 4 is 15.9 Å². The number of rotatable bonds is 3. The fourth-order valence-electron chi connectivity index (χ4n) is 1.80. The van der Waals surface area contributed by atoms with Crippen LogP contribution in [0.4, 0.5) is 0 Å². The number of hydrogen-bond acceptors (Lipinski definition) is 2. The second-order valence-corrected chi connectivity index (χ2v) is 4.54. The van der Waals surface area contributed by atoms with Gasteiger partial charge in [0.15, 0.2) is 0 Å². The molecular formula is C12H14BrN3. The lowest BCUT2D eigenvalue weighted by Crippen LogP contribution is -2.17. The molecule has 0 fully saturated rings. The normalized spacial score (nSPS) is 12.7. The standard InChI is InChI=1S/C12H14BrN3/c1-14-12(9-7-15-16(2)8-9)10-5-3-4-6-11(10)13/h3-8,12,14H,1-2H3. The molecule has 3 nitrogen and oxygen atoms in total. The van der Waals surface area contributed by atoms with Crippen molar-refractivity contribution < 1.29 is 0 Å². The average Bonchev–Trinajstić information content (AvgIpc) is 2.69. The smallest absolute Gasteiger partial charge is 0.0616 e. The van der Waals surface area contributed by atoms with Crippen LogP contribution in [0.3, 0.4) is 0 Å². The number of hydrogen-bond donors (Lipinski definition) is 1. The van der Waals surface area contributed by atoms with Crippen molar-refractivity contribution in [3.8, 4) is 0 Å². The van der Waals surface area contributed by atoms with Crippen LogP contribution in [0.15, 0.2) is 41.1 Å². The lowest BCUT2D eigenvalue weighted by molar-refractivity contribution is 0.686. The van der Waals surface area contributed by atoms with Crippen molar-refractivity contribution in [1.82, 2.24) is 15.1 Å². The Morgan fingerprint density at radius 2 is 2.12 bits per heavy atom. The Balaban J connectivity index is 2.40. The predicted octanol–water partition coefficient (Wildman–Crippen LogP) is 2.49. The highest BCUT2D eigenvalue weighted by molar-refractivity contribution is 9.10. The molecule has 1 aromatic carbocycles. The number of halogens is 1. The summed E-state index contributed by atoms with van der Waals surface area (Å²) in [6.45, 7) is 0. The molecule has 84 valence electrons. The number of aromatic nitrogens is 2. The summed E-state index contributed by atoms with van der Waals surface area (Å²) in [7, 11) is 3.88. The van der Waals surface area contributed by atoms with E-state index >= 15 is 0 Å². The molecule has 4 heteroatoms. The Hall–Kier alpha value is -1.13. The van der Waals surface area contributed by atoms with E-state index in [2.05, 4.69) is 38.5 Å². The van der Waals surface area contributed by atoms with Crippen LogP contribution in [0.2, 0.25) is 0 Å². The van der Waals surface area contributed by atoms with Crippen LogP contribution < -0.4 is 5.32 Å². The molecule has 2 rings (SSSR count). The van der Waals surface area contributed by atoms with E-state index in [-0.39, 0.29) is 6.04 Å². The highest BCUT2D eigenvalue weighted by Crippen LogP contribution is 2.27. The third-order valence-electron chi connectivity index (χ3n) is 2.56. The molecule has 1 N–H and O–H groups in total. The van der Waals surface area contributed by atoms with Crippen LogP contribution >= 0.6 is 15.9 Å². The maximum absolute atomic E-state index is 4.20. The largest absolute Gasteiger partial charge is 0.309 e. The van der Waals surface area contributed by atoms with Gasteiger partial charge in [0.25, 0.3) is 0 Å². The van der Waals surface area contributed by atoms with Gasteiger partial charge < -0.3 is 5.32 Å². The minimum absolute atomic E-state index is 0.171. The fraction of sp³-hybridized carbons (Fsp3) is 0.250. The summed E-state index contributed by atoms with van der Waals surface area (Å²) >= 11 is 3.57. The molecule has 2 aromatic rings. The molecule has 0 radical (unpaired) electrons. The Morgan fingerprint density at radius 3 is 2.69 bits per heavy atom. The van der Waals surface area contributed by atoms with Crippen molar-refractivity contribution in [2.45, 2.75) is 6.04 Å². The number of benzene rings is 1. The maximum atomic E-state index is 4.20. The highest BCUT2D eigenvalue weighted by Gasteiger charge is 2.15. The van der Waals surface area contributed by atoms with Crippen molar-refractivity contribution in [2.75, 3.05) is 7.05 Å². The van der Waals surface area contributed by atoms with E-state index in [0.29, 0.717) is 0 Å². The number of nitrogens with zero attached hydrogens (tertiary/aromatic N) is 2. The van der Waals surface area contributed by atoms with Crippen LogP contribution in [0.25, 0.3) is 0 Å². The van der Waals surface area contributed by atoms with Crippen molar-refractivity contribution in [3.05, 3.63) is 52.3 Å². The van der Waals surface area contributed by atoms with Gasteiger partial charge in [-0.2, -0.15) is 5.10 Å². The number of aryl methyl sites for hydroxylation is 1. The summed E-state index contributed by atoms with van der Waals surface area (Å²) in [6, 6.07) is 8.39. The van der Waals surface area contributed by atoms with E-state index in [1.165, 1.54) is 5.56 Å². The van der Waals surface area contributed by atoms with Gasteiger partial charge in [-0.25, -0.2) is 0 Å². The summed E-state index contributed by atoms with van der Waals surface area (Å²) in [5.41, 5.74) is 2.38. The highest BCUT2D eigenvalue weighted by atomic mass is 79.9. The molecule has 0 aliphatic carbocycles. The van der Waals surface area contributed by atoms with E-state index in [9.17, 15) is 0 Å². The van der Waals surface area contributed by atoms with Gasteiger partial charge >= 0.3 is 0 Å². The first-order chi connectivity index (χ1) is 7.72. The van der Waals surface area contributed by atoms with E-state index in [4.69, 9.17) is 0 Å². The monoisotopic (exact) mass is 279 g/mol. The molecule has 1 atom stereocenters. The first kappa shape index (κ1) is 11.4. The van der Waals surface area contributed by atoms with Crippen LogP contribution in [-0.2, 0) is 7.05 Å². The lowest BCUT2D eigenvalue weighted by Gasteiger charge is -2.16. The fourth-order valence-corrected chi connectivity index (χ4v) is 2.31. The van der Waals surface area contributed by atoms with E-state index in [1.807, 2.05) is 43.3 Å². The van der Waals surface area contributed by atoms with Gasteiger partial charge in [0, 0.05) is 23.3 Å². The molecule has 0 aliphatic rings. The number of nitrogens with one attached hydrogen (secondary N) is 1. The molecule has 0 saturated heterocycles. The quantitative estimate of drug-likeness (QED) is 0.936. The van der Waals surface area contributed by atoms with E-state index < -0.39 is 0 Å². The minimum Gasteiger partial charge on any atom is -0.309 e. The second kappa shape index (κ2) is 4.80. The SMILES string of the molecule is CNC(c1cnn(C)c1)c1ccccc1Br. The van der Waals surface area contributed by atoms with Gasteiger partial charge in [-0.3, -0.25) is 4.68 Å². The molecule has 16 heavy (non-hydrogen) atoms. The Labute approximate surface area is 104 Å². The molecule has 0 spiro atoms. The first-order valence-corrected chi connectivity index (χ1v) is 5.92. The van der Waals surface area contributed by atoms with Crippen LogP contribution in [0.5, 0.6) is 0 Å². The second-order valence-electron chi connectivity index (χ2n) is 3.69. The van der Waals surface area contributed by atoms with E-state index in [1.54, 1.807) is 0 Å². The van der Waals surface area contributed by atoms with Crippen molar-refractivity contribution in [2.24, 2.45) is 7.05 Å². The van der Waals surface area contributed by atoms with Crippen LogP contribution in [-0.4, -0.2) is 16.8 Å². The van der Waals surface area contributed by atoms with Crippen molar-refractivity contribution in [1.29, 1.82) is 0 Å². The molecule has 0 amide bonds. The third kappa shape index (κ3) is 2.18. The zero-order chi connectivity index (χ0) is 11.5. The molecule has 1 unspecified atom stereocenters. The molecule has 0 bridgehead atoms. The third-order valence-corrected chi connectivity index (χ3v) is 3.29. The van der Waals surface area contributed by atoms with Crippen LogP contribution in [0, 0.1) is 0 Å². The average molecular weight is 280 g/mol. The first-order valence-electron chi connectivity index (χ1n) is 5.12. The molecule has 1 heterocycles. The van der Waals surface area contributed by atoms with Gasteiger partial charge in [0.05, 0.1) is 12.2 Å². The minimum atomic E-state index is 0.171. The maximum Gasteiger partial charge on any atom is 0.0616 e. The lowest BCUT2D eigenvalue weighted by atomic mass is 10.0. The van der Waals surface area contributed by atoms with Crippen molar-refractivity contribution in [3.63, 3.8) is 0 Å². The molecule has 0 aliphatic heterocycles. The van der Waals surface area contributed by atoms with Gasteiger partial charge in [0.2, 0.25) is 0 Å². The summed E-state index contributed by atoms with van der Waals surface area (Å²) in [4.78, 5) is 0. The van der Waals surface area contributed by atoms with Crippen LogP contribution in [0.1, 0.15) is 17.2 Å². The Bertz CT molecular complexity index is 479. The summed E-state index contributed by atoms with van der Waals surface area (Å²) in [5.74, 6) is 0. The van der Waals surface area contributed by atoms with Gasteiger partial charge in [-0.1, -0.05) is 34.1 Å². The van der Waals surface area contributed by atoms with E-state index in [0.717, 1.165) is 10.0 Å². The summed E-state index contributed by atoms with van der Waals surface area (Å²) < 4.78 is 2.93. The zero-order valence-corrected chi connectivity index (χ0v) is 10.9. The van der Waals surface area contributed by atoms with Gasteiger partial charge in [0.1, 0.15) is 0 Å². The molecular weight excluding hydrogens is 266 g/mol. The Morgan fingerprint density at radius 1 is 1.38 bits per heavy atom. The Kier molecular flexibility index (Phi) is 3.41. The van der Waals surface area contributed by atoms with Gasteiger partial charge in [-0.15, -0.1) is 0 Å². The molecule has 1 aromatic heterocycles. The summed E-state index contributed by atoms with van der Waals surface area (Å²) in [5, 5.41) is 7.51. The zero-order valence-electron chi connectivity index (χ0n) is 9.31. The topological polar surface area (TPSA) is 29.9 Å². The predicted molar refractivity (Wildman–Crippen MR) is 68.3 cm³/mol.